The van der Waals surface area contributed by atoms with Crippen LogP contribution in [-0.4, -0.2) is 38.0 Å². The van der Waals surface area contributed by atoms with E-state index < -0.39 is 0 Å². The van der Waals surface area contributed by atoms with Gasteiger partial charge in [-0.2, -0.15) is 5.10 Å². The monoisotopic (exact) mass is 449 g/mol. The number of aromatic amines is 1. The Bertz CT molecular complexity index is 1330. The molecule has 4 aromatic rings. The highest BCUT2D eigenvalue weighted by Crippen LogP contribution is 2.22. The van der Waals surface area contributed by atoms with Crippen LogP contribution in [0.1, 0.15) is 18.1 Å². The Morgan fingerprint density at radius 1 is 1.19 bits per heavy atom. The van der Waals surface area contributed by atoms with E-state index in [0.29, 0.717) is 28.5 Å². The highest BCUT2D eigenvalue weighted by atomic mass is 32.2. The van der Waals surface area contributed by atoms with Crippen molar-refractivity contribution >= 4 is 34.4 Å². The van der Waals surface area contributed by atoms with E-state index in [2.05, 4.69) is 20.4 Å². The SMILES string of the molecule is CCOc1ccc(NC(=O)CSc2nc3c(cnn3-c3cccc(C)c3C)c(=O)[nH]2)cc1. The average molecular weight is 450 g/mol. The first kappa shape index (κ1) is 21.6. The minimum atomic E-state index is -0.291. The summed E-state index contributed by atoms with van der Waals surface area (Å²) in [5, 5.41) is 7.96. The fourth-order valence-electron chi connectivity index (χ4n) is 3.24. The molecule has 0 spiro atoms. The van der Waals surface area contributed by atoms with Crippen LogP contribution < -0.4 is 15.6 Å². The predicted octanol–water partition coefficient (Wildman–Crippen LogP) is 3.86. The lowest BCUT2D eigenvalue weighted by molar-refractivity contribution is -0.113. The van der Waals surface area contributed by atoms with Gasteiger partial charge in [0.2, 0.25) is 5.91 Å². The standard InChI is InChI=1S/C23H23N5O3S/c1-4-31-17-10-8-16(9-11-17)25-20(29)13-32-23-26-21-18(22(30)27-23)12-24-28(21)19-7-5-6-14(2)15(19)3/h5-12H,4,13H2,1-3H3,(H,25,29)(H,26,27,30). The van der Waals surface area contributed by atoms with Crippen molar-refractivity contribution in [3.05, 3.63) is 70.1 Å². The third-order valence-corrected chi connectivity index (χ3v) is 5.88. The van der Waals surface area contributed by atoms with E-state index in [1.165, 1.54) is 6.20 Å². The minimum absolute atomic E-state index is 0.0965. The van der Waals surface area contributed by atoms with Crippen molar-refractivity contribution in [1.29, 1.82) is 0 Å². The van der Waals surface area contributed by atoms with Crippen LogP contribution in [0.2, 0.25) is 0 Å². The molecule has 0 aliphatic rings. The normalized spacial score (nSPS) is 11.0. The molecule has 164 valence electrons. The van der Waals surface area contributed by atoms with Crippen LogP contribution in [0.15, 0.2) is 58.6 Å². The molecule has 9 heteroatoms. The zero-order chi connectivity index (χ0) is 22.7. The van der Waals surface area contributed by atoms with Crippen LogP contribution in [0.25, 0.3) is 16.7 Å². The van der Waals surface area contributed by atoms with E-state index in [1.54, 1.807) is 28.9 Å². The summed E-state index contributed by atoms with van der Waals surface area (Å²) in [5.74, 6) is 0.638. The molecule has 2 aromatic carbocycles. The summed E-state index contributed by atoms with van der Waals surface area (Å²) in [7, 11) is 0. The van der Waals surface area contributed by atoms with Gasteiger partial charge in [-0.05, 0) is 62.2 Å². The van der Waals surface area contributed by atoms with E-state index in [1.807, 2.05) is 39.0 Å². The van der Waals surface area contributed by atoms with Gasteiger partial charge in [0.15, 0.2) is 10.8 Å². The number of H-pyrrole nitrogens is 1. The van der Waals surface area contributed by atoms with Crippen molar-refractivity contribution in [2.45, 2.75) is 25.9 Å². The Balaban J connectivity index is 1.51. The zero-order valence-corrected chi connectivity index (χ0v) is 18.8. The number of hydrogen-bond donors (Lipinski definition) is 2. The third kappa shape index (κ3) is 4.52. The molecule has 0 saturated carbocycles. The summed E-state index contributed by atoms with van der Waals surface area (Å²) in [5.41, 5.74) is 3.88. The van der Waals surface area contributed by atoms with Crippen molar-refractivity contribution in [2.24, 2.45) is 0 Å². The van der Waals surface area contributed by atoms with Crippen LogP contribution in [0.4, 0.5) is 5.69 Å². The van der Waals surface area contributed by atoms with Gasteiger partial charge in [-0.1, -0.05) is 23.9 Å². The molecule has 0 aliphatic carbocycles. The van der Waals surface area contributed by atoms with Crippen molar-refractivity contribution < 1.29 is 9.53 Å². The van der Waals surface area contributed by atoms with E-state index in [0.717, 1.165) is 34.3 Å². The quantitative estimate of drug-likeness (QED) is 0.328. The number of amides is 1. The first-order valence-corrected chi connectivity index (χ1v) is 11.1. The number of ether oxygens (including phenoxy) is 1. The number of nitrogens with zero attached hydrogens (tertiary/aromatic N) is 3. The molecule has 1 amide bonds. The molecule has 0 aliphatic heterocycles. The van der Waals surface area contributed by atoms with Gasteiger partial charge in [-0.15, -0.1) is 0 Å². The van der Waals surface area contributed by atoms with Crippen molar-refractivity contribution in [2.75, 3.05) is 17.7 Å². The Morgan fingerprint density at radius 2 is 1.97 bits per heavy atom. The van der Waals surface area contributed by atoms with Gasteiger partial charge in [-0.25, -0.2) is 9.67 Å². The van der Waals surface area contributed by atoms with Gasteiger partial charge in [0, 0.05) is 5.69 Å². The number of thioether (sulfide) groups is 1. The molecule has 0 radical (unpaired) electrons. The van der Waals surface area contributed by atoms with Crippen LogP contribution >= 0.6 is 11.8 Å². The predicted molar refractivity (Wildman–Crippen MR) is 126 cm³/mol. The molecule has 2 aromatic heterocycles. The topological polar surface area (TPSA) is 102 Å². The third-order valence-electron chi connectivity index (χ3n) is 5.01. The number of aromatic nitrogens is 4. The smallest absolute Gasteiger partial charge is 0.262 e. The molecule has 8 nitrogen and oxygen atoms in total. The van der Waals surface area contributed by atoms with E-state index in [-0.39, 0.29) is 17.2 Å². The lowest BCUT2D eigenvalue weighted by Crippen LogP contribution is -2.15. The van der Waals surface area contributed by atoms with Gasteiger partial charge in [-0.3, -0.25) is 9.59 Å². The maximum Gasteiger partial charge on any atom is 0.262 e. The fraction of sp³-hybridized carbons (Fsp3) is 0.217. The van der Waals surface area contributed by atoms with Crippen LogP contribution in [0.5, 0.6) is 5.75 Å². The largest absolute Gasteiger partial charge is 0.494 e. The molecule has 0 atom stereocenters. The lowest BCUT2D eigenvalue weighted by atomic mass is 10.1. The second-order valence-corrected chi connectivity index (χ2v) is 8.14. The van der Waals surface area contributed by atoms with E-state index in [4.69, 9.17) is 4.74 Å². The fourth-order valence-corrected chi connectivity index (χ4v) is 3.90. The maximum absolute atomic E-state index is 12.5. The second-order valence-electron chi connectivity index (χ2n) is 7.18. The van der Waals surface area contributed by atoms with Crippen LogP contribution in [0, 0.1) is 13.8 Å². The van der Waals surface area contributed by atoms with Gasteiger partial charge >= 0.3 is 0 Å². The molecule has 2 heterocycles. The summed E-state index contributed by atoms with van der Waals surface area (Å²) in [6.45, 7) is 6.53. The number of rotatable bonds is 7. The molecule has 2 N–H and O–H groups in total. The van der Waals surface area contributed by atoms with E-state index in [9.17, 15) is 9.59 Å². The summed E-state index contributed by atoms with van der Waals surface area (Å²) in [6, 6.07) is 13.1. The number of carbonyl (C=O) groups is 1. The van der Waals surface area contributed by atoms with Gasteiger partial charge in [0.1, 0.15) is 11.1 Å². The number of hydrogen-bond acceptors (Lipinski definition) is 6. The first-order valence-electron chi connectivity index (χ1n) is 10.2. The summed E-state index contributed by atoms with van der Waals surface area (Å²) in [6.07, 6.45) is 1.51. The molecule has 0 saturated heterocycles. The van der Waals surface area contributed by atoms with Gasteiger partial charge < -0.3 is 15.0 Å². The first-order chi connectivity index (χ1) is 15.5. The van der Waals surface area contributed by atoms with Crippen molar-refractivity contribution in [3.8, 4) is 11.4 Å². The lowest BCUT2D eigenvalue weighted by Gasteiger charge is -2.09. The number of carbonyl (C=O) groups excluding carboxylic acids is 1. The number of benzene rings is 2. The number of anilines is 1. The highest BCUT2D eigenvalue weighted by Gasteiger charge is 2.14. The molecule has 0 unspecified atom stereocenters. The summed E-state index contributed by atoms with van der Waals surface area (Å²) in [4.78, 5) is 32.2. The average Bonchev–Trinajstić information content (AvgIpc) is 3.20. The molecule has 32 heavy (non-hydrogen) atoms. The van der Waals surface area contributed by atoms with Gasteiger partial charge in [0.25, 0.3) is 5.56 Å². The second kappa shape index (κ2) is 9.27. The maximum atomic E-state index is 12.5. The van der Waals surface area contributed by atoms with Gasteiger partial charge in [0.05, 0.1) is 24.2 Å². The Hall–Kier alpha value is -3.59. The zero-order valence-electron chi connectivity index (χ0n) is 18.0. The Morgan fingerprint density at radius 3 is 2.72 bits per heavy atom. The minimum Gasteiger partial charge on any atom is -0.494 e. The van der Waals surface area contributed by atoms with Crippen LogP contribution in [-0.2, 0) is 4.79 Å². The number of nitrogens with one attached hydrogen (secondary N) is 2. The Kier molecular flexibility index (Phi) is 6.27. The summed E-state index contributed by atoms with van der Waals surface area (Å²) >= 11 is 1.16. The highest BCUT2D eigenvalue weighted by molar-refractivity contribution is 7.99. The number of fused-ring (bicyclic) bond motifs is 1. The van der Waals surface area contributed by atoms with Crippen molar-refractivity contribution in [1.82, 2.24) is 19.7 Å². The van der Waals surface area contributed by atoms with Crippen molar-refractivity contribution in [3.63, 3.8) is 0 Å². The molecule has 0 bridgehead atoms. The number of aryl methyl sites for hydroxylation is 1. The molecular formula is C23H23N5O3S. The van der Waals surface area contributed by atoms with Crippen LogP contribution in [0.3, 0.4) is 0 Å². The summed E-state index contributed by atoms with van der Waals surface area (Å²) < 4.78 is 7.06. The molecule has 0 fully saturated rings. The molecular weight excluding hydrogens is 426 g/mol. The molecule has 4 rings (SSSR count). The van der Waals surface area contributed by atoms with E-state index >= 15 is 0 Å². The Labute approximate surface area is 189 Å².